The highest BCUT2D eigenvalue weighted by molar-refractivity contribution is 7.89. The maximum absolute atomic E-state index is 12.5. The molecule has 0 radical (unpaired) electrons. The second-order valence-electron chi connectivity index (χ2n) is 6.73. The van der Waals surface area contributed by atoms with Crippen LogP contribution in [0.4, 0.5) is 5.69 Å². The van der Waals surface area contributed by atoms with E-state index in [1.54, 1.807) is 38.4 Å². The molecule has 0 saturated carbocycles. The van der Waals surface area contributed by atoms with Crippen LogP contribution in [0.3, 0.4) is 0 Å². The Balaban J connectivity index is 1.64. The van der Waals surface area contributed by atoms with E-state index in [-0.39, 0.29) is 10.9 Å². The van der Waals surface area contributed by atoms with E-state index < -0.39 is 10.0 Å². The minimum absolute atomic E-state index is 0.116. The SMILES string of the molecule is COc1ccc(-c2noc(CNc3ccc(S(=O)(=O)N(C)C(C)C)cc3)n2)cc1. The second kappa shape index (κ2) is 8.62. The minimum Gasteiger partial charge on any atom is -0.497 e. The standard InChI is InChI=1S/C20H24N4O4S/c1-14(2)24(3)29(25,26)18-11-7-16(8-12-18)21-13-19-22-20(23-28-19)15-5-9-17(27-4)10-6-15/h5-12,14,21H,13H2,1-4H3. The summed E-state index contributed by atoms with van der Waals surface area (Å²) in [7, 11) is -0.318. The fraction of sp³-hybridized carbons (Fsp3) is 0.300. The molecule has 0 amide bonds. The van der Waals surface area contributed by atoms with Crippen molar-refractivity contribution in [2.45, 2.75) is 31.3 Å². The van der Waals surface area contributed by atoms with Crippen LogP contribution in [-0.4, -0.2) is 43.1 Å². The van der Waals surface area contributed by atoms with Crippen molar-refractivity contribution in [2.24, 2.45) is 0 Å². The van der Waals surface area contributed by atoms with E-state index in [2.05, 4.69) is 15.5 Å². The summed E-state index contributed by atoms with van der Waals surface area (Å²) >= 11 is 0. The molecule has 1 heterocycles. The number of anilines is 1. The van der Waals surface area contributed by atoms with Gasteiger partial charge >= 0.3 is 0 Å². The number of nitrogens with one attached hydrogen (secondary N) is 1. The third kappa shape index (κ3) is 4.75. The molecule has 1 aromatic heterocycles. The van der Waals surface area contributed by atoms with Gasteiger partial charge in [0.25, 0.3) is 0 Å². The summed E-state index contributed by atoms with van der Waals surface area (Å²) in [5.41, 5.74) is 1.57. The molecule has 0 unspecified atom stereocenters. The van der Waals surface area contributed by atoms with Crippen LogP contribution in [0.2, 0.25) is 0 Å². The molecule has 0 aliphatic rings. The van der Waals surface area contributed by atoms with Crippen LogP contribution in [-0.2, 0) is 16.6 Å². The Labute approximate surface area is 170 Å². The third-order valence-corrected chi connectivity index (χ3v) is 6.57. The third-order valence-electron chi connectivity index (χ3n) is 4.52. The molecule has 0 aliphatic heterocycles. The topological polar surface area (TPSA) is 97.6 Å². The number of nitrogens with zero attached hydrogens (tertiary/aromatic N) is 3. The first kappa shape index (κ1) is 20.8. The molecular formula is C20H24N4O4S. The number of hydrogen-bond acceptors (Lipinski definition) is 7. The lowest BCUT2D eigenvalue weighted by Crippen LogP contribution is -2.33. The fourth-order valence-electron chi connectivity index (χ4n) is 2.55. The van der Waals surface area contributed by atoms with Gasteiger partial charge < -0.3 is 14.6 Å². The van der Waals surface area contributed by atoms with Crippen molar-refractivity contribution < 1.29 is 17.7 Å². The van der Waals surface area contributed by atoms with E-state index >= 15 is 0 Å². The fourth-order valence-corrected chi connectivity index (χ4v) is 3.92. The van der Waals surface area contributed by atoms with Crippen molar-refractivity contribution >= 4 is 15.7 Å². The van der Waals surface area contributed by atoms with Gasteiger partial charge in [0, 0.05) is 24.3 Å². The Morgan fingerprint density at radius 1 is 1.10 bits per heavy atom. The summed E-state index contributed by atoms with van der Waals surface area (Å²) in [6.45, 7) is 3.98. The highest BCUT2D eigenvalue weighted by atomic mass is 32.2. The number of hydrogen-bond donors (Lipinski definition) is 1. The van der Waals surface area contributed by atoms with Crippen molar-refractivity contribution in [3.63, 3.8) is 0 Å². The van der Waals surface area contributed by atoms with Gasteiger partial charge in [-0.25, -0.2) is 8.42 Å². The first-order valence-corrected chi connectivity index (χ1v) is 10.5. The minimum atomic E-state index is -3.50. The predicted molar refractivity (Wildman–Crippen MR) is 110 cm³/mol. The van der Waals surface area contributed by atoms with Gasteiger partial charge in [-0.05, 0) is 62.4 Å². The van der Waals surface area contributed by atoms with Crippen LogP contribution in [0.25, 0.3) is 11.4 Å². The Morgan fingerprint density at radius 2 is 1.76 bits per heavy atom. The van der Waals surface area contributed by atoms with Crippen molar-refractivity contribution in [3.8, 4) is 17.1 Å². The number of ether oxygens (including phenoxy) is 1. The molecule has 29 heavy (non-hydrogen) atoms. The number of aromatic nitrogens is 2. The zero-order chi connectivity index (χ0) is 21.0. The maximum atomic E-state index is 12.5. The van der Waals surface area contributed by atoms with E-state index in [1.165, 1.54) is 4.31 Å². The summed E-state index contributed by atoms with van der Waals surface area (Å²) in [4.78, 5) is 4.62. The zero-order valence-electron chi connectivity index (χ0n) is 16.8. The van der Waals surface area contributed by atoms with E-state index in [4.69, 9.17) is 9.26 Å². The molecular weight excluding hydrogens is 392 g/mol. The molecule has 0 bridgehead atoms. The van der Waals surface area contributed by atoms with E-state index in [0.29, 0.717) is 18.3 Å². The van der Waals surface area contributed by atoms with Crippen molar-refractivity contribution in [1.29, 1.82) is 0 Å². The van der Waals surface area contributed by atoms with Crippen molar-refractivity contribution in [1.82, 2.24) is 14.4 Å². The van der Waals surface area contributed by atoms with Crippen LogP contribution in [0.1, 0.15) is 19.7 Å². The molecule has 0 aliphatic carbocycles. The summed E-state index contributed by atoms with van der Waals surface area (Å²) < 4.78 is 36.8. The highest BCUT2D eigenvalue weighted by Gasteiger charge is 2.22. The number of methoxy groups -OCH3 is 1. The molecule has 3 aromatic rings. The number of benzene rings is 2. The molecule has 8 nitrogen and oxygen atoms in total. The molecule has 3 rings (SSSR count). The van der Waals surface area contributed by atoms with Crippen LogP contribution < -0.4 is 10.1 Å². The average molecular weight is 417 g/mol. The van der Waals surface area contributed by atoms with Crippen LogP contribution in [0, 0.1) is 0 Å². The summed E-state index contributed by atoms with van der Waals surface area (Å²) in [6.07, 6.45) is 0. The van der Waals surface area contributed by atoms with E-state index in [9.17, 15) is 8.42 Å². The Morgan fingerprint density at radius 3 is 2.34 bits per heavy atom. The molecule has 0 atom stereocenters. The largest absolute Gasteiger partial charge is 0.497 e. The summed E-state index contributed by atoms with van der Waals surface area (Å²) in [5.74, 6) is 1.67. The lowest BCUT2D eigenvalue weighted by molar-refractivity contribution is 0.384. The number of rotatable bonds is 8. The maximum Gasteiger partial charge on any atom is 0.246 e. The van der Waals surface area contributed by atoms with E-state index in [0.717, 1.165) is 17.0 Å². The van der Waals surface area contributed by atoms with Crippen LogP contribution in [0.5, 0.6) is 5.75 Å². The van der Waals surface area contributed by atoms with Crippen LogP contribution in [0.15, 0.2) is 57.9 Å². The normalized spacial score (nSPS) is 11.8. The molecule has 154 valence electrons. The highest BCUT2D eigenvalue weighted by Crippen LogP contribution is 2.21. The van der Waals surface area contributed by atoms with E-state index in [1.807, 2.05) is 38.1 Å². The van der Waals surface area contributed by atoms with Gasteiger partial charge in [-0.2, -0.15) is 9.29 Å². The Kier molecular flexibility index (Phi) is 6.19. The quantitative estimate of drug-likeness (QED) is 0.601. The molecule has 9 heteroatoms. The summed E-state index contributed by atoms with van der Waals surface area (Å²) in [6, 6.07) is 13.8. The lowest BCUT2D eigenvalue weighted by atomic mass is 10.2. The lowest BCUT2D eigenvalue weighted by Gasteiger charge is -2.21. The van der Waals surface area contributed by atoms with Crippen molar-refractivity contribution in [3.05, 3.63) is 54.4 Å². The second-order valence-corrected chi connectivity index (χ2v) is 8.73. The van der Waals surface area contributed by atoms with Crippen molar-refractivity contribution in [2.75, 3.05) is 19.5 Å². The van der Waals surface area contributed by atoms with Gasteiger partial charge in [-0.15, -0.1) is 0 Å². The van der Waals surface area contributed by atoms with Gasteiger partial charge in [0.15, 0.2) is 0 Å². The van der Waals surface area contributed by atoms with Gasteiger partial charge in [-0.3, -0.25) is 0 Å². The van der Waals surface area contributed by atoms with Gasteiger partial charge in [0.2, 0.25) is 21.7 Å². The van der Waals surface area contributed by atoms with Gasteiger partial charge in [-0.1, -0.05) is 5.16 Å². The molecule has 0 saturated heterocycles. The Bertz CT molecular complexity index is 1040. The molecule has 0 spiro atoms. The van der Waals surface area contributed by atoms with Gasteiger partial charge in [0.1, 0.15) is 5.75 Å². The first-order valence-electron chi connectivity index (χ1n) is 9.10. The predicted octanol–water partition coefficient (Wildman–Crippen LogP) is 3.39. The first-order chi connectivity index (χ1) is 13.8. The monoisotopic (exact) mass is 416 g/mol. The molecule has 1 N–H and O–H groups in total. The number of sulfonamides is 1. The van der Waals surface area contributed by atoms with Crippen LogP contribution >= 0.6 is 0 Å². The van der Waals surface area contributed by atoms with Gasteiger partial charge in [0.05, 0.1) is 18.6 Å². The average Bonchev–Trinajstić information content (AvgIpc) is 3.21. The molecule has 2 aromatic carbocycles. The smallest absolute Gasteiger partial charge is 0.246 e. The summed E-state index contributed by atoms with van der Waals surface area (Å²) in [5, 5.41) is 7.13. The zero-order valence-corrected chi connectivity index (χ0v) is 17.6. The molecule has 0 fully saturated rings. The Hall–Kier alpha value is -2.91.